The minimum atomic E-state index is -0.525. The number of aliphatic hydroxyl groups excluding tert-OH is 1. The number of rotatable bonds is 4. The fourth-order valence-electron chi connectivity index (χ4n) is 2.56. The summed E-state index contributed by atoms with van der Waals surface area (Å²) in [5.41, 5.74) is 0.160. The number of aromatic nitrogens is 1. The fourth-order valence-corrected chi connectivity index (χ4v) is 2.56. The van der Waals surface area contributed by atoms with Crippen molar-refractivity contribution in [2.75, 3.05) is 6.61 Å². The van der Waals surface area contributed by atoms with Crippen LogP contribution in [-0.4, -0.2) is 33.2 Å². The van der Waals surface area contributed by atoms with E-state index in [9.17, 15) is 20.0 Å². The average molecular weight is 267 g/mol. The van der Waals surface area contributed by atoms with Gasteiger partial charge in [-0.2, -0.15) is 0 Å². The van der Waals surface area contributed by atoms with Crippen LogP contribution >= 0.6 is 0 Å². The number of carbonyl (C=O) groups is 1. The number of hydrogen-bond donors (Lipinski definition) is 2. The first-order valence-corrected chi connectivity index (χ1v) is 6.25. The zero-order valence-corrected chi connectivity index (χ0v) is 10.7. The molecule has 1 fully saturated rings. The van der Waals surface area contributed by atoms with E-state index in [4.69, 9.17) is 0 Å². The lowest BCUT2D eigenvalue weighted by Gasteiger charge is -2.18. The molecule has 7 heteroatoms. The molecule has 104 valence electrons. The van der Waals surface area contributed by atoms with Gasteiger partial charge in [0.1, 0.15) is 5.69 Å². The molecule has 1 aliphatic rings. The highest BCUT2D eigenvalue weighted by Crippen LogP contribution is 2.25. The zero-order chi connectivity index (χ0) is 14.0. The molecule has 0 radical (unpaired) electrons. The fraction of sp³-hybridized carbons (Fsp3) is 0.583. The van der Waals surface area contributed by atoms with Gasteiger partial charge in [-0.25, -0.2) is 0 Å². The molecular formula is C12H17N3O4. The Morgan fingerprint density at radius 1 is 1.63 bits per heavy atom. The SMILES string of the molecule is Cn1cc([N+](=O)[O-])cc1C(=O)NC1CCCC1CO. The van der Waals surface area contributed by atoms with E-state index in [-0.39, 0.29) is 35.9 Å². The van der Waals surface area contributed by atoms with Gasteiger partial charge in [0, 0.05) is 31.7 Å². The number of carbonyl (C=O) groups excluding carboxylic acids is 1. The van der Waals surface area contributed by atoms with Crippen molar-refractivity contribution in [2.24, 2.45) is 13.0 Å². The zero-order valence-electron chi connectivity index (χ0n) is 10.7. The number of aliphatic hydroxyl groups is 1. The van der Waals surface area contributed by atoms with E-state index in [1.807, 2.05) is 0 Å². The third-order valence-corrected chi connectivity index (χ3v) is 3.64. The first-order chi connectivity index (χ1) is 9.02. The molecule has 1 aromatic rings. The van der Waals surface area contributed by atoms with E-state index in [2.05, 4.69) is 5.32 Å². The first kappa shape index (κ1) is 13.5. The molecule has 2 N–H and O–H groups in total. The Balaban J connectivity index is 2.09. The van der Waals surface area contributed by atoms with Crippen LogP contribution in [0.5, 0.6) is 0 Å². The van der Waals surface area contributed by atoms with Crippen molar-refractivity contribution in [1.29, 1.82) is 0 Å². The highest BCUT2D eigenvalue weighted by molar-refractivity contribution is 5.93. The van der Waals surface area contributed by atoms with Crippen molar-refractivity contribution in [1.82, 2.24) is 9.88 Å². The monoisotopic (exact) mass is 267 g/mol. The molecule has 0 spiro atoms. The predicted molar refractivity (Wildman–Crippen MR) is 67.7 cm³/mol. The molecule has 2 rings (SSSR count). The van der Waals surface area contributed by atoms with Crippen LogP contribution in [-0.2, 0) is 7.05 Å². The van der Waals surface area contributed by atoms with Gasteiger partial charge >= 0.3 is 0 Å². The van der Waals surface area contributed by atoms with Gasteiger partial charge in [-0.15, -0.1) is 0 Å². The second-order valence-electron chi connectivity index (χ2n) is 4.91. The van der Waals surface area contributed by atoms with E-state index in [0.717, 1.165) is 19.3 Å². The minimum Gasteiger partial charge on any atom is -0.396 e. The summed E-state index contributed by atoms with van der Waals surface area (Å²) in [6.45, 7) is 0.0538. The molecule has 0 aliphatic heterocycles. The summed E-state index contributed by atoms with van der Waals surface area (Å²) in [5.74, 6) is -0.250. The Kier molecular flexibility index (Phi) is 3.84. The second kappa shape index (κ2) is 5.40. The second-order valence-corrected chi connectivity index (χ2v) is 4.91. The van der Waals surface area contributed by atoms with Crippen LogP contribution in [0.25, 0.3) is 0 Å². The third kappa shape index (κ3) is 2.76. The topological polar surface area (TPSA) is 97.4 Å². The lowest BCUT2D eigenvalue weighted by Crippen LogP contribution is -2.39. The summed E-state index contributed by atoms with van der Waals surface area (Å²) in [5, 5.41) is 22.7. The number of hydrogen-bond acceptors (Lipinski definition) is 4. The summed E-state index contributed by atoms with van der Waals surface area (Å²) in [7, 11) is 1.60. The van der Waals surface area contributed by atoms with E-state index < -0.39 is 4.92 Å². The smallest absolute Gasteiger partial charge is 0.287 e. The van der Waals surface area contributed by atoms with Crippen LogP contribution in [0.15, 0.2) is 12.3 Å². The quantitative estimate of drug-likeness (QED) is 0.623. The Morgan fingerprint density at radius 3 is 2.95 bits per heavy atom. The predicted octanol–water partition coefficient (Wildman–Crippen LogP) is 0.824. The molecule has 2 unspecified atom stereocenters. The molecule has 1 amide bonds. The molecule has 1 heterocycles. The Hall–Kier alpha value is -1.89. The highest BCUT2D eigenvalue weighted by atomic mass is 16.6. The van der Waals surface area contributed by atoms with Crippen LogP contribution in [0.3, 0.4) is 0 Å². The Labute approximate surface area is 110 Å². The van der Waals surface area contributed by atoms with Crippen molar-refractivity contribution in [3.63, 3.8) is 0 Å². The lowest BCUT2D eigenvalue weighted by atomic mass is 10.1. The van der Waals surface area contributed by atoms with E-state index >= 15 is 0 Å². The van der Waals surface area contributed by atoms with Gasteiger partial charge in [-0.05, 0) is 12.8 Å². The Morgan fingerprint density at radius 2 is 2.37 bits per heavy atom. The van der Waals surface area contributed by atoms with Crippen LogP contribution < -0.4 is 5.32 Å². The standard InChI is InChI=1S/C12H17N3O4/c1-14-6-9(15(18)19)5-11(14)12(17)13-10-4-2-3-8(10)7-16/h5-6,8,10,16H,2-4,7H2,1H3,(H,13,17). The van der Waals surface area contributed by atoms with Crippen LogP contribution in [0.4, 0.5) is 5.69 Å². The van der Waals surface area contributed by atoms with Crippen LogP contribution in [0.2, 0.25) is 0 Å². The number of aryl methyl sites for hydroxylation is 1. The summed E-state index contributed by atoms with van der Waals surface area (Å²) in [4.78, 5) is 22.2. The van der Waals surface area contributed by atoms with Crippen LogP contribution in [0.1, 0.15) is 29.8 Å². The third-order valence-electron chi connectivity index (χ3n) is 3.64. The molecule has 0 aromatic carbocycles. The molecule has 1 aliphatic carbocycles. The summed E-state index contributed by atoms with van der Waals surface area (Å²) < 4.78 is 1.44. The number of nitrogens with zero attached hydrogens (tertiary/aromatic N) is 2. The van der Waals surface area contributed by atoms with Gasteiger partial charge < -0.3 is 15.0 Å². The largest absolute Gasteiger partial charge is 0.396 e. The van der Waals surface area contributed by atoms with Gasteiger partial charge in [0.2, 0.25) is 0 Å². The van der Waals surface area contributed by atoms with E-state index in [0.29, 0.717) is 0 Å². The van der Waals surface area contributed by atoms with Gasteiger partial charge in [-0.1, -0.05) is 6.42 Å². The minimum absolute atomic E-state index is 0.0496. The van der Waals surface area contributed by atoms with Crippen molar-refractivity contribution < 1.29 is 14.8 Å². The summed E-state index contributed by atoms with van der Waals surface area (Å²) in [6, 6.07) is 1.21. The van der Waals surface area contributed by atoms with Gasteiger partial charge in [0.15, 0.2) is 0 Å². The summed E-state index contributed by atoms with van der Waals surface area (Å²) in [6.07, 6.45) is 4.02. The molecule has 0 saturated heterocycles. The lowest BCUT2D eigenvalue weighted by molar-refractivity contribution is -0.384. The van der Waals surface area contributed by atoms with Gasteiger partial charge in [0.05, 0.1) is 11.1 Å². The Bertz CT molecular complexity index is 497. The van der Waals surface area contributed by atoms with E-state index in [1.54, 1.807) is 7.05 Å². The van der Waals surface area contributed by atoms with Gasteiger partial charge in [-0.3, -0.25) is 14.9 Å². The number of nitro groups is 1. The molecular weight excluding hydrogens is 250 g/mol. The highest BCUT2D eigenvalue weighted by Gasteiger charge is 2.29. The molecule has 1 saturated carbocycles. The number of nitrogens with one attached hydrogen (secondary N) is 1. The molecule has 1 aromatic heterocycles. The molecule has 2 atom stereocenters. The van der Waals surface area contributed by atoms with Crippen molar-refractivity contribution in [3.8, 4) is 0 Å². The maximum atomic E-state index is 12.1. The first-order valence-electron chi connectivity index (χ1n) is 6.25. The number of amides is 1. The summed E-state index contributed by atoms with van der Waals surface area (Å²) >= 11 is 0. The van der Waals surface area contributed by atoms with Crippen molar-refractivity contribution >= 4 is 11.6 Å². The maximum Gasteiger partial charge on any atom is 0.287 e. The molecule has 19 heavy (non-hydrogen) atoms. The van der Waals surface area contributed by atoms with Crippen LogP contribution in [0, 0.1) is 16.0 Å². The van der Waals surface area contributed by atoms with Crippen molar-refractivity contribution in [2.45, 2.75) is 25.3 Å². The van der Waals surface area contributed by atoms with E-state index in [1.165, 1.54) is 16.8 Å². The van der Waals surface area contributed by atoms with Crippen molar-refractivity contribution in [3.05, 3.63) is 28.1 Å². The maximum absolute atomic E-state index is 12.1. The average Bonchev–Trinajstić information content (AvgIpc) is 2.95. The van der Waals surface area contributed by atoms with Gasteiger partial charge in [0.25, 0.3) is 11.6 Å². The normalized spacial score (nSPS) is 22.4. The molecule has 0 bridgehead atoms. The molecule has 7 nitrogen and oxygen atoms in total.